The van der Waals surface area contributed by atoms with Gasteiger partial charge in [0.25, 0.3) is 0 Å². The highest BCUT2D eigenvalue weighted by Crippen LogP contribution is 2.19. The number of carbonyl (C=O) groups is 1. The Morgan fingerprint density at radius 2 is 2.10 bits per heavy atom. The van der Waals surface area contributed by atoms with Crippen molar-refractivity contribution >= 4 is 34.2 Å². The summed E-state index contributed by atoms with van der Waals surface area (Å²) in [6.45, 7) is 2.33. The first-order valence-corrected chi connectivity index (χ1v) is 7.41. The highest BCUT2D eigenvalue weighted by Gasteiger charge is 2.07. The van der Waals surface area contributed by atoms with Crippen molar-refractivity contribution in [2.45, 2.75) is 19.5 Å². The molecule has 106 valence electrons. The molecule has 2 rings (SSSR count). The molecule has 1 unspecified atom stereocenters. The fraction of sp³-hybridized carbons (Fsp3) is 0.286. The lowest BCUT2D eigenvalue weighted by atomic mass is 10.1. The largest absolute Gasteiger partial charge is 0.376 e. The number of hydrogen-bond donors (Lipinski definition) is 2. The molecule has 2 aromatic rings. The number of amides is 1. The van der Waals surface area contributed by atoms with Crippen molar-refractivity contribution in [3.8, 4) is 0 Å². The summed E-state index contributed by atoms with van der Waals surface area (Å²) in [5, 5.41) is 10.1. The molecular weight excluding hydrogens is 367 g/mol. The number of rotatable bonds is 5. The zero-order chi connectivity index (χ0) is 14.5. The minimum Gasteiger partial charge on any atom is -0.376 e. The van der Waals surface area contributed by atoms with Crippen LogP contribution < -0.4 is 10.6 Å². The van der Waals surface area contributed by atoms with Crippen molar-refractivity contribution in [3.05, 3.63) is 45.8 Å². The van der Waals surface area contributed by atoms with Crippen LogP contribution in [-0.4, -0.2) is 22.7 Å². The third-order valence-corrected chi connectivity index (χ3v) is 3.69. The molecule has 6 heteroatoms. The van der Waals surface area contributed by atoms with E-state index in [0.29, 0.717) is 0 Å². The predicted octanol–water partition coefficient (Wildman–Crippen LogP) is 2.41. The zero-order valence-electron chi connectivity index (χ0n) is 11.4. The Bertz CT molecular complexity index is 579. The normalized spacial score (nSPS) is 11.9. The first-order valence-electron chi connectivity index (χ1n) is 6.33. The van der Waals surface area contributed by atoms with Crippen molar-refractivity contribution in [3.63, 3.8) is 0 Å². The molecule has 0 aliphatic heterocycles. The third kappa shape index (κ3) is 3.96. The molecule has 20 heavy (non-hydrogen) atoms. The first kappa shape index (κ1) is 14.8. The van der Waals surface area contributed by atoms with E-state index in [2.05, 4.69) is 69.5 Å². The van der Waals surface area contributed by atoms with Crippen LogP contribution in [0.1, 0.15) is 18.5 Å². The van der Waals surface area contributed by atoms with Gasteiger partial charge in [-0.15, -0.1) is 0 Å². The van der Waals surface area contributed by atoms with Crippen molar-refractivity contribution in [1.29, 1.82) is 0 Å². The Morgan fingerprint density at radius 3 is 2.75 bits per heavy atom. The van der Waals surface area contributed by atoms with Gasteiger partial charge >= 0.3 is 0 Å². The van der Waals surface area contributed by atoms with E-state index in [1.54, 1.807) is 17.9 Å². The molecule has 1 atom stereocenters. The summed E-state index contributed by atoms with van der Waals surface area (Å²) in [6.07, 6.45) is 3.56. The topological polar surface area (TPSA) is 59.0 Å². The molecule has 1 aromatic heterocycles. The van der Waals surface area contributed by atoms with E-state index in [-0.39, 0.29) is 18.5 Å². The second-order valence-electron chi connectivity index (χ2n) is 4.52. The molecule has 0 saturated carbocycles. The Kier molecular flexibility index (Phi) is 4.99. The molecule has 0 aliphatic rings. The van der Waals surface area contributed by atoms with Crippen LogP contribution in [0, 0.1) is 3.57 Å². The molecule has 0 spiro atoms. The number of aromatic nitrogens is 2. The van der Waals surface area contributed by atoms with Crippen LogP contribution in [0.25, 0.3) is 0 Å². The van der Waals surface area contributed by atoms with Crippen molar-refractivity contribution in [2.24, 2.45) is 0 Å². The number of likely N-dealkylation sites (N-methyl/N-ethyl adjacent to an activating group) is 1. The molecule has 0 radical (unpaired) electrons. The fourth-order valence-electron chi connectivity index (χ4n) is 1.84. The molecule has 0 fully saturated rings. The van der Waals surface area contributed by atoms with Crippen molar-refractivity contribution in [1.82, 2.24) is 15.1 Å². The molecule has 2 N–H and O–H groups in total. The Labute approximate surface area is 131 Å². The average molecular weight is 384 g/mol. The number of carbonyl (C=O) groups excluding carboxylic acids is 1. The molecular formula is C14H17IN4O. The number of hydrogen-bond acceptors (Lipinski definition) is 3. The first-order chi connectivity index (χ1) is 9.58. The quantitative estimate of drug-likeness (QED) is 0.779. The average Bonchev–Trinajstić information content (AvgIpc) is 2.86. The van der Waals surface area contributed by atoms with Crippen LogP contribution in [-0.2, 0) is 11.3 Å². The number of anilines is 1. The molecule has 1 aromatic carbocycles. The van der Waals surface area contributed by atoms with Crippen LogP contribution in [0.15, 0.2) is 36.7 Å². The number of nitrogens with one attached hydrogen (secondary N) is 2. The van der Waals surface area contributed by atoms with E-state index in [9.17, 15) is 4.79 Å². The van der Waals surface area contributed by atoms with Crippen LogP contribution in [0.5, 0.6) is 0 Å². The second-order valence-corrected chi connectivity index (χ2v) is 5.76. The second kappa shape index (κ2) is 6.74. The lowest BCUT2D eigenvalue weighted by Crippen LogP contribution is -2.23. The van der Waals surface area contributed by atoms with Gasteiger partial charge in [-0.25, -0.2) is 0 Å². The summed E-state index contributed by atoms with van der Waals surface area (Å²) in [5.41, 5.74) is 2.12. The van der Waals surface area contributed by atoms with E-state index in [1.165, 1.54) is 9.13 Å². The van der Waals surface area contributed by atoms with E-state index < -0.39 is 0 Å². The van der Waals surface area contributed by atoms with Gasteiger partial charge in [-0.3, -0.25) is 9.48 Å². The van der Waals surface area contributed by atoms with E-state index >= 15 is 0 Å². The van der Waals surface area contributed by atoms with E-state index in [1.807, 2.05) is 6.20 Å². The maximum atomic E-state index is 11.3. The van der Waals surface area contributed by atoms with Gasteiger partial charge in [-0.2, -0.15) is 5.10 Å². The minimum absolute atomic E-state index is 0.0645. The molecule has 5 nitrogen and oxygen atoms in total. The Balaban J connectivity index is 1.99. The van der Waals surface area contributed by atoms with E-state index in [4.69, 9.17) is 0 Å². The fourth-order valence-corrected chi connectivity index (χ4v) is 2.20. The van der Waals surface area contributed by atoms with Gasteiger partial charge in [0.1, 0.15) is 6.54 Å². The molecule has 1 amide bonds. The summed E-state index contributed by atoms with van der Waals surface area (Å²) < 4.78 is 2.83. The lowest BCUT2D eigenvalue weighted by molar-refractivity contribution is -0.121. The summed E-state index contributed by atoms with van der Waals surface area (Å²) in [7, 11) is 1.61. The summed E-state index contributed by atoms with van der Waals surface area (Å²) in [4.78, 5) is 11.3. The standard InChI is InChI=1S/C14H17IN4O/c1-10(11-3-5-12(15)6-4-11)18-13-7-17-19(8-13)9-14(20)16-2/h3-8,10,18H,9H2,1-2H3,(H,16,20). The van der Waals surface area contributed by atoms with Crippen LogP contribution in [0.4, 0.5) is 5.69 Å². The lowest BCUT2D eigenvalue weighted by Gasteiger charge is -2.14. The maximum absolute atomic E-state index is 11.3. The van der Waals surface area contributed by atoms with Gasteiger partial charge in [0, 0.05) is 22.9 Å². The van der Waals surface area contributed by atoms with Crippen LogP contribution in [0.3, 0.4) is 0 Å². The Hall–Kier alpha value is -1.57. The maximum Gasteiger partial charge on any atom is 0.241 e. The van der Waals surface area contributed by atoms with Gasteiger partial charge in [0.15, 0.2) is 0 Å². The smallest absolute Gasteiger partial charge is 0.241 e. The van der Waals surface area contributed by atoms with Gasteiger partial charge in [-0.05, 0) is 47.2 Å². The minimum atomic E-state index is -0.0645. The van der Waals surface area contributed by atoms with Crippen LogP contribution in [0.2, 0.25) is 0 Å². The number of halogens is 1. The summed E-state index contributed by atoms with van der Waals surface area (Å²) in [6, 6.07) is 8.57. The predicted molar refractivity (Wildman–Crippen MR) is 87.5 cm³/mol. The van der Waals surface area contributed by atoms with Gasteiger partial charge in [0.05, 0.1) is 11.9 Å². The van der Waals surface area contributed by atoms with Crippen molar-refractivity contribution < 1.29 is 4.79 Å². The van der Waals surface area contributed by atoms with Gasteiger partial charge in [-0.1, -0.05) is 12.1 Å². The SMILES string of the molecule is CNC(=O)Cn1cc(NC(C)c2ccc(I)cc2)cn1. The van der Waals surface area contributed by atoms with Crippen LogP contribution >= 0.6 is 22.6 Å². The third-order valence-electron chi connectivity index (χ3n) is 2.97. The summed E-state index contributed by atoms with van der Waals surface area (Å²) in [5.74, 6) is -0.0645. The number of benzene rings is 1. The summed E-state index contributed by atoms with van der Waals surface area (Å²) >= 11 is 2.29. The zero-order valence-corrected chi connectivity index (χ0v) is 13.6. The molecule has 0 saturated heterocycles. The van der Waals surface area contributed by atoms with Crippen molar-refractivity contribution in [2.75, 3.05) is 12.4 Å². The molecule has 0 aliphatic carbocycles. The Morgan fingerprint density at radius 1 is 1.40 bits per heavy atom. The highest BCUT2D eigenvalue weighted by atomic mass is 127. The number of nitrogens with zero attached hydrogens (tertiary/aromatic N) is 2. The highest BCUT2D eigenvalue weighted by molar-refractivity contribution is 14.1. The molecule has 0 bridgehead atoms. The van der Waals surface area contributed by atoms with E-state index in [0.717, 1.165) is 5.69 Å². The van der Waals surface area contributed by atoms with Gasteiger partial charge < -0.3 is 10.6 Å². The molecule has 1 heterocycles. The monoisotopic (exact) mass is 384 g/mol. The van der Waals surface area contributed by atoms with Gasteiger partial charge in [0.2, 0.25) is 5.91 Å².